The van der Waals surface area contributed by atoms with E-state index in [4.69, 9.17) is 16.0 Å². The molecule has 122 valence electrons. The number of rotatable bonds is 3. The monoisotopic (exact) mass is 346 g/mol. The highest BCUT2D eigenvalue weighted by atomic mass is 35.5. The Morgan fingerprint density at radius 3 is 2.64 bits per heavy atom. The summed E-state index contributed by atoms with van der Waals surface area (Å²) in [6.07, 6.45) is 4.05. The molecule has 0 bridgehead atoms. The fraction of sp³-hybridized carbons (Fsp3) is 0.0455. The standard InChI is InChI=1S/C22H17ClNO/c1-24-19(10-9-16-5-2-3-8-21(16)24)11-12-20-13-14-22(25-20)17-6-4-7-18(23)15-17/h2-15H,1H3/q+1/b12-11+. The lowest BCUT2D eigenvalue weighted by Crippen LogP contribution is -2.32. The topological polar surface area (TPSA) is 17.0 Å². The summed E-state index contributed by atoms with van der Waals surface area (Å²) in [5, 5.41) is 1.93. The quantitative estimate of drug-likeness (QED) is 0.432. The van der Waals surface area contributed by atoms with Crippen molar-refractivity contribution in [3.63, 3.8) is 0 Å². The van der Waals surface area contributed by atoms with Crippen molar-refractivity contribution in [1.82, 2.24) is 0 Å². The van der Waals surface area contributed by atoms with Crippen LogP contribution in [0.25, 0.3) is 34.4 Å². The molecule has 3 heteroatoms. The molecule has 0 aliphatic heterocycles. The van der Waals surface area contributed by atoms with Crippen molar-refractivity contribution in [3.05, 3.63) is 89.3 Å². The summed E-state index contributed by atoms with van der Waals surface area (Å²) in [6, 6.07) is 24.2. The van der Waals surface area contributed by atoms with Gasteiger partial charge < -0.3 is 4.42 Å². The van der Waals surface area contributed by atoms with Gasteiger partial charge in [-0.15, -0.1) is 0 Å². The first kappa shape index (κ1) is 15.7. The van der Waals surface area contributed by atoms with E-state index in [2.05, 4.69) is 54.1 Å². The summed E-state index contributed by atoms with van der Waals surface area (Å²) in [5.41, 5.74) is 3.28. The van der Waals surface area contributed by atoms with Gasteiger partial charge in [0.1, 0.15) is 18.6 Å². The third kappa shape index (κ3) is 3.21. The fourth-order valence-corrected chi connectivity index (χ4v) is 3.12. The van der Waals surface area contributed by atoms with Crippen molar-refractivity contribution in [1.29, 1.82) is 0 Å². The molecule has 2 aromatic heterocycles. The number of furan rings is 1. The molecule has 0 saturated heterocycles. The summed E-state index contributed by atoms with van der Waals surface area (Å²) < 4.78 is 8.09. The number of aromatic nitrogens is 1. The maximum atomic E-state index is 6.05. The third-order valence-electron chi connectivity index (χ3n) is 4.27. The summed E-state index contributed by atoms with van der Waals surface area (Å²) in [5.74, 6) is 1.62. The lowest BCUT2D eigenvalue weighted by atomic mass is 10.2. The second kappa shape index (κ2) is 6.58. The van der Waals surface area contributed by atoms with Gasteiger partial charge in [0.05, 0.1) is 0 Å². The molecule has 0 spiro atoms. The van der Waals surface area contributed by atoms with Gasteiger partial charge in [0.2, 0.25) is 11.2 Å². The molecule has 2 nitrogen and oxygen atoms in total. The van der Waals surface area contributed by atoms with Gasteiger partial charge >= 0.3 is 0 Å². The number of hydrogen-bond acceptors (Lipinski definition) is 1. The van der Waals surface area contributed by atoms with Crippen LogP contribution in [-0.4, -0.2) is 0 Å². The molecule has 0 saturated carbocycles. The van der Waals surface area contributed by atoms with Crippen molar-refractivity contribution in [2.45, 2.75) is 0 Å². The van der Waals surface area contributed by atoms with Crippen LogP contribution in [0.2, 0.25) is 5.02 Å². The molecule has 0 atom stereocenters. The van der Waals surface area contributed by atoms with Crippen LogP contribution in [0.15, 0.2) is 77.2 Å². The fourth-order valence-electron chi connectivity index (χ4n) is 2.93. The minimum atomic E-state index is 0.703. The number of aryl methyl sites for hydroxylation is 1. The van der Waals surface area contributed by atoms with Crippen LogP contribution in [0.3, 0.4) is 0 Å². The van der Waals surface area contributed by atoms with Crippen LogP contribution in [0.4, 0.5) is 0 Å². The number of pyridine rings is 1. The highest BCUT2D eigenvalue weighted by Crippen LogP contribution is 2.25. The van der Waals surface area contributed by atoms with Crippen LogP contribution in [0.1, 0.15) is 11.5 Å². The van der Waals surface area contributed by atoms with Crippen molar-refractivity contribution in [2.24, 2.45) is 7.05 Å². The van der Waals surface area contributed by atoms with Crippen LogP contribution in [-0.2, 0) is 7.05 Å². The number of para-hydroxylation sites is 1. The summed E-state index contributed by atoms with van der Waals surface area (Å²) in [4.78, 5) is 0. The van der Waals surface area contributed by atoms with Crippen LogP contribution >= 0.6 is 11.6 Å². The first-order valence-corrected chi connectivity index (χ1v) is 8.50. The van der Waals surface area contributed by atoms with Crippen molar-refractivity contribution in [2.75, 3.05) is 0 Å². The van der Waals surface area contributed by atoms with Crippen LogP contribution in [0, 0.1) is 0 Å². The summed E-state index contributed by atoms with van der Waals surface area (Å²) in [7, 11) is 2.07. The van der Waals surface area contributed by atoms with Gasteiger partial charge in [-0.25, -0.2) is 0 Å². The number of fused-ring (bicyclic) bond motifs is 1. The zero-order chi connectivity index (χ0) is 17.2. The summed E-state index contributed by atoms with van der Waals surface area (Å²) >= 11 is 6.05. The lowest BCUT2D eigenvalue weighted by Gasteiger charge is -1.99. The van der Waals surface area contributed by atoms with E-state index in [0.717, 1.165) is 22.8 Å². The number of nitrogens with zero attached hydrogens (tertiary/aromatic N) is 1. The van der Waals surface area contributed by atoms with E-state index in [1.54, 1.807) is 0 Å². The average Bonchev–Trinajstić information content (AvgIpc) is 3.10. The molecule has 2 heterocycles. The van der Waals surface area contributed by atoms with E-state index in [-0.39, 0.29) is 0 Å². The Hall–Kier alpha value is -2.84. The molecule has 25 heavy (non-hydrogen) atoms. The van der Waals surface area contributed by atoms with Gasteiger partial charge in [0, 0.05) is 34.2 Å². The second-order valence-electron chi connectivity index (χ2n) is 5.92. The first-order chi connectivity index (χ1) is 12.2. The lowest BCUT2D eigenvalue weighted by molar-refractivity contribution is -0.646. The van der Waals surface area contributed by atoms with Gasteiger partial charge in [0.25, 0.3) is 0 Å². The minimum Gasteiger partial charge on any atom is -0.457 e. The molecule has 0 unspecified atom stereocenters. The first-order valence-electron chi connectivity index (χ1n) is 8.12. The van der Waals surface area contributed by atoms with E-state index in [1.165, 1.54) is 10.9 Å². The highest BCUT2D eigenvalue weighted by molar-refractivity contribution is 6.30. The predicted molar refractivity (Wildman–Crippen MR) is 103 cm³/mol. The normalized spacial score (nSPS) is 11.4. The second-order valence-corrected chi connectivity index (χ2v) is 6.36. The number of benzene rings is 2. The van der Waals surface area contributed by atoms with Crippen LogP contribution < -0.4 is 4.57 Å². The zero-order valence-electron chi connectivity index (χ0n) is 13.8. The molecule has 0 fully saturated rings. The molecule has 4 aromatic rings. The molecular weight excluding hydrogens is 330 g/mol. The molecular formula is C22H17ClNO+. The van der Waals surface area contributed by atoms with Gasteiger partial charge in [-0.1, -0.05) is 35.9 Å². The maximum absolute atomic E-state index is 6.05. The summed E-state index contributed by atoms with van der Waals surface area (Å²) in [6.45, 7) is 0. The van der Waals surface area contributed by atoms with E-state index in [9.17, 15) is 0 Å². The van der Waals surface area contributed by atoms with E-state index in [1.807, 2.05) is 42.5 Å². The van der Waals surface area contributed by atoms with Crippen molar-refractivity contribution < 1.29 is 8.98 Å². The molecule has 0 aliphatic carbocycles. The molecule has 4 rings (SSSR count). The Labute approximate surface area is 151 Å². The molecule has 2 aromatic carbocycles. The van der Waals surface area contributed by atoms with Crippen molar-refractivity contribution in [3.8, 4) is 11.3 Å². The Balaban J connectivity index is 1.64. The molecule has 0 N–H and O–H groups in total. The number of halogens is 1. The Kier molecular flexibility index (Phi) is 4.12. The van der Waals surface area contributed by atoms with Crippen LogP contribution in [0.5, 0.6) is 0 Å². The molecule has 0 amide bonds. The van der Waals surface area contributed by atoms with E-state index < -0.39 is 0 Å². The Morgan fingerprint density at radius 1 is 0.880 bits per heavy atom. The van der Waals surface area contributed by atoms with Crippen molar-refractivity contribution >= 4 is 34.7 Å². The minimum absolute atomic E-state index is 0.703. The van der Waals surface area contributed by atoms with Gasteiger partial charge in [-0.3, -0.25) is 0 Å². The zero-order valence-corrected chi connectivity index (χ0v) is 14.6. The molecule has 0 radical (unpaired) electrons. The maximum Gasteiger partial charge on any atom is 0.212 e. The number of hydrogen-bond donors (Lipinski definition) is 0. The third-order valence-corrected chi connectivity index (χ3v) is 4.51. The van der Waals surface area contributed by atoms with Gasteiger partial charge in [0.15, 0.2) is 0 Å². The largest absolute Gasteiger partial charge is 0.457 e. The Bertz CT molecular complexity index is 1080. The predicted octanol–water partition coefficient (Wildman–Crippen LogP) is 5.75. The average molecular weight is 347 g/mol. The van der Waals surface area contributed by atoms with E-state index in [0.29, 0.717) is 5.02 Å². The molecule has 0 aliphatic rings. The highest BCUT2D eigenvalue weighted by Gasteiger charge is 2.09. The SMILES string of the molecule is C[n+]1c(/C=C/c2ccc(-c3cccc(Cl)c3)o2)ccc2ccccc21. The smallest absolute Gasteiger partial charge is 0.212 e. The Morgan fingerprint density at radius 2 is 1.76 bits per heavy atom. The van der Waals surface area contributed by atoms with E-state index >= 15 is 0 Å². The van der Waals surface area contributed by atoms with Gasteiger partial charge in [-0.05, 0) is 42.5 Å². The van der Waals surface area contributed by atoms with Gasteiger partial charge in [-0.2, -0.15) is 4.57 Å².